The molecule has 2 unspecified atom stereocenters. The molecule has 0 bridgehead atoms. The van der Waals surface area contributed by atoms with Crippen molar-refractivity contribution in [3.05, 3.63) is 17.5 Å². The summed E-state index contributed by atoms with van der Waals surface area (Å²) < 4.78 is 1.93. The Bertz CT molecular complexity index is 373. The predicted octanol–water partition coefficient (Wildman–Crippen LogP) is 2.22. The van der Waals surface area contributed by atoms with E-state index in [9.17, 15) is 0 Å². The zero-order chi connectivity index (χ0) is 11.9. The van der Waals surface area contributed by atoms with Gasteiger partial charge >= 0.3 is 0 Å². The van der Waals surface area contributed by atoms with Gasteiger partial charge in [0, 0.05) is 18.8 Å². The van der Waals surface area contributed by atoms with Crippen LogP contribution in [0.2, 0.25) is 0 Å². The Balaban J connectivity index is 1.90. The van der Waals surface area contributed by atoms with Crippen molar-refractivity contribution in [2.24, 2.45) is 13.0 Å². The highest BCUT2D eigenvalue weighted by Crippen LogP contribution is 2.47. The summed E-state index contributed by atoms with van der Waals surface area (Å²) in [5, 5.41) is 7.99. The normalized spacial score (nSPS) is 24.8. The third-order valence-corrected chi connectivity index (χ3v) is 3.27. The zero-order valence-electron chi connectivity index (χ0n) is 11.0. The molecule has 1 fully saturated rings. The van der Waals surface area contributed by atoms with Crippen LogP contribution in [0, 0.1) is 12.8 Å². The molecular formula is C13H23N3. The largest absolute Gasteiger partial charge is 0.312 e. The molecule has 1 heterocycles. The molecule has 3 heteroatoms. The third kappa shape index (κ3) is 2.64. The van der Waals surface area contributed by atoms with E-state index < -0.39 is 0 Å². The highest BCUT2D eigenvalue weighted by atomic mass is 15.2. The molecule has 3 nitrogen and oxygen atoms in total. The van der Waals surface area contributed by atoms with Crippen molar-refractivity contribution < 1.29 is 0 Å². The van der Waals surface area contributed by atoms with E-state index in [1.807, 2.05) is 11.7 Å². The van der Waals surface area contributed by atoms with E-state index >= 15 is 0 Å². The highest BCUT2D eigenvalue weighted by molar-refractivity contribution is 5.27. The molecule has 0 aliphatic heterocycles. The monoisotopic (exact) mass is 221 g/mol. The van der Waals surface area contributed by atoms with Crippen LogP contribution in [-0.2, 0) is 7.05 Å². The van der Waals surface area contributed by atoms with Crippen molar-refractivity contribution >= 4 is 0 Å². The van der Waals surface area contributed by atoms with Gasteiger partial charge in [0.05, 0.1) is 5.69 Å². The van der Waals surface area contributed by atoms with Crippen molar-refractivity contribution in [1.82, 2.24) is 15.1 Å². The molecule has 1 aliphatic carbocycles. The van der Waals surface area contributed by atoms with Gasteiger partial charge in [0.15, 0.2) is 0 Å². The number of rotatable bonds is 3. The van der Waals surface area contributed by atoms with Crippen molar-refractivity contribution in [3.63, 3.8) is 0 Å². The molecule has 0 amide bonds. The summed E-state index contributed by atoms with van der Waals surface area (Å²) in [7, 11) is 2.00. The van der Waals surface area contributed by atoms with Crippen molar-refractivity contribution in [2.75, 3.05) is 6.54 Å². The van der Waals surface area contributed by atoms with Crippen LogP contribution in [0.3, 0.4) is 0 Å². The highest BCUT2D eigenvalue weighted by Gasteiger charge is 2.40. The maximum atomic E-state index is 4.41. The summed E-state index contributed by atoms with van der Waals surface area (Å²) in [5.74, 6) is 1.55. The maximum Gasteiger partial charge on any atom is 0.0628 e. The average molecular weight is 221 g/mol. The van der Waals surface area contributed by atoms with Crippen molar-refractivity contribution in [3.8, 4) is 0 Å². The number of aromatic nitrogens is 2. The predicted molar refractivity (Wildman–Crippen MR) is 66.5 cm³/mol. The lowest BCUT2D eigenvalue weighted by Crippen LogP contribution is -2.37. The standard InChI is InChI=1S/C13H23N3/c1-9-12(8-16(5)15-9)11-6-10(11)7-14-13(2,3)4/h8,10-11,14H,6-7H2,1-5H3. The lowest BCUT2D eigenvalue weighted by molar-refractivity contribution is 0.414. The number of hydrogen-bond donors (Lipinski definition) is 1. The average Bonchev–Trinajstić information content (AvgIpc) is 2.82. The van der Waals surface area contributed by atoms with Gasteiger partial charge in [-0.15, -0.1) is 0 Å². The SMILES string of the molecule is Cc1nn(C)cc1C1CC1CNC(C)(C)C. The first-order valence-corrected chi connectivity index (χ1v) is 6.12. The first-order chi connectivity index (χ1) is 7.37. The van der Waals surface area contributed by atoms with Crippen LogP contribution in [0.15, 0.2) is 6.20 Å². The lowest BCUT2D eigenvalue weighted by atomic mass is 10.1. The fraction of sp³-hybridized carbons (Fsp3) is 0.769. The molecule has 0 radical (unpaired) electrons. The Kier molecular flexibility index (Phi) is 2.82. The topological polar surface area (TPSA) is 29.9 Å². The molecule has 0 spiro atoms. The Morgan fingerprint density at radius 2 is 2.19 bits per heavy atom. The van der Waals surface area contributed by atoms with Crippen LogP contribution < -0.4 is 5.32 Å². The molecule has 2 rings (SSSR count). The van der Waals surface area contributed by atoms with Gasteiger partial charge in [0.25, 0.3) is 0 Å². The fourth-order valence-corrected chi connectivity index (χ4v) is 2.27. The minimum Gasteiger partial charge on any atom is -0.312 e. The first kappa shape index (κ1) is 11.6. The van der Waals surface area contributed by atoms with Crippen molar-refractivity contribution in [2.45, 2.75) is 45.6 Å². The fourth-order valence-electron chi connectivity index (χ4n) is 2.27. The van der Waals surface area contributed by atoms with Crippen LogP contribution in [0.25, 0.3) is 0 Å². The molecule has 1 saturated carbocycles. The number of aryl methyl sites for hydroxylation is 2. The van der Waals surface area contributed by atoms with E-state index in [0.29, 0.717) is 0 Å². The zero-order valence-corrected chi connectivity index (χ0v) is 11.0. The third-order valence-electron chi connectivity index (χ3n) is 3.27. The van der Waals surface area contributed by atoms with Gasteiger partial charge in [-0.2, -0.15) is 5.10 Å². The minimum atomic E-state index is 0.233. The molecule has 90 valence electrons. The maximum absolute atomic E-state index is 4.41. The Morgan fingerprint density at radius 1 is 1.50 bits per heavy atom. The van der Waals surface area contributed by atoms with E-state index in [1.54, 1.807) is 0 Å². The van der Waals surface area contributed by atoms with Gasteiger partial charge in [-0.25, -0.2) is 0 Å². The lowest BCUT2D eigenvalue weighted by Gasteiger charge is -2.20. The van der Waals surface area contributed by atoms with Crippen LogP contribution >= 0.6 is 0 Å². The molecule has 0 saturated heterocycles. The van der Waals surface area contributed by atoms with E-state index in [1.165, 1.54) is 17.7 Å². The minimum absolute atomic E-state index is 0.233. The quantitative estimate of drug-likeness (QED) is 0.848. The number of hydrogen-bond acceptors (Lipinski definition) is 2. The van der Waals surface area contributed by atoms with E-state index in [4.69, 9.17) is 0 Å². The molecule has 16 heavy (non-hydrogen) atoms. The van der Waals surface area contributed by atoms with Crippen LogP contribution in [0.1, 0.15) is 44.4 Å². The van der Waals surface area contributed by atoms with Gasteiger partial charge in [0.2, 0.25) is 0 Å². The Hall–Kier alpha value is -0.830. The second kappa shape index (κ2) is 3.88. The molecule has 1 aliphatic rings. The van der Waals surface area contributed by atoms with Crippen LogP contribution in [0.5, 0.6) is 0 Å². The van der Waals surface area contributed by atoms with E-state index in [2.05, 4.69) is 44.3 Å². The second-order valence-corrected chi connectivity index (χ2v) is 6.08. The second-order valence-electron chi connectivity index (χ2n) is 6.08. The number of nitrogens with zero attached hydrogens (tertiary/aromatic N) is 2. The molecule has 1 N–H and O–H groups in total. The van der Waals surface area contributed by atoms with Gasteiger partial charge < -0.3 is 5.32 Å². The van der Waals surface area contributed by atoms with E-state index in [-0.39, 0.29) is 5.54 Å². The number of nitrogens with one attached hydrogen (secondary N) is 1. The van der Waals surface area contributed by atoms with Crippen molar-refractivity contribution in [1.29, 1.82) is 0 Å². The van der Waals surface area contributed by atoms with Gasteiger partial charge in [-0.3, -0.25) is 4.68 Å². The summed E-state index contributed by atoms with van der Waals surface area (Å²) in [4.78, 5) is 0. The summed E-state index contributed by atoms with van der Waals surface area (Å²) in [5.41, 5.74) is 2.88. The molecular weight excluding hydrogens is 198 g/mol. The summed E-state index contributed by atoms with van der Waals surface area (Å²) in [6.07, 6.45) is 3.49. The smallest absolute Gasteiger partial charge is 0.0628 e. The molecule has 1 aromatic heterocycles. The Labute approximate surface area is 98.2 Å². The molecule has 2 atom stereocenters. The molecule has 1 aromatic rings. The summed E-state index contributed by atoms with van der Waals surface area (Å²) >= 11 is 0. The van der Waals surface area contributed by atoms with Crippen LogP contribution in [0.4, 0.5) is 0 Å². The van der Waals surface area contributed by atoms with Gasteiger partial charge in [-0.1, -0.05) is 0 Å². The van der Waals surface area contributed by atoms with Crippen LogP contribution in [-0.4, -0.2) is 21.9 Å². The van der Waals surface area contributed by atoms with Gasteiger partial charge in [-0.05, 0) is 58.1 Å². The summed E-state index contributed by atoms with van der Waals surface area (Å²) in [6, 6.07) is 0. The van der Waals surface area contributed by atoms with Gasteiger partial charge in [0.1, 0.15) is 0 Å². The summed E-state index contributed by atoms with van der Waals surface area (Å²) in [6.45, 7) is 9.91. The van der Waals surface area contributed by atoms with E-state index in [0.717, 1.165) is 18.4 Å². The first-order valence-electron chi connectivity index (χ1n) is 6.12. The molecule has 0 aromatic carbocycles. The Morgan fingerprint density at radius 3 is 2.69 bits per heavy atom.